The van der Waals surface area contributed by atoms with Gasteiger partial charge in [-0.05, 0) is 0 Å². The van der Waals surface area contributed by atoms with Crippen LogP contribution in [0.15, 0.2) is 0 Å². The summed E-state index contributed by atoms with van der Waals surface area (Å²) in [6.45, 7) is 57.0. The van der Waals surface area contributed by atoms with Crippen LogP contribution in [0.2, 0.25) is 0 Å². The van der Waals surface area contributed by atoms with Crippen LogP contribution < -0.4 is 51.4 Å². The van der Waals surface area contributed by atoms with Crippen LogP contribution in [-0.4, -0.2) is 0 Å². The van der Waals surface area contributed by atoms with Crippen LogP contribution in [0.1, 0.15) is 1.43 Å². The molecule has 0 unspecified atom stereocenters. The Balaban J connectivity index is -0.00000000396. The first-order chi connectivity index (χ1) is 12.0. The molecule has 27 heavy (non-hydrogen) atoms. The molecule has 0 N–H and O–H groups in total. The van der Waals surface area contributed by atoms with E-state index in [9.17, 15) is 0 Å². The molecule has 0 aromatic rings. The van der Waals surface area contributed by atoms with E-state index in [1.165, 1.54) is 0 Å². The van der Waals surface area contributed by atoms with E-state index in [1.54, 1.807) is 0 Å². The second-order valence-electron chi connectivity index (χ2n) is 0. The molecule has 0 aromatic heterocycles. The minimum Gasteiger partial charge on any atom is -1.00 e. The van der Waals surface area contributed by atoms with E-state index >= 15 is 0 Å². The summed E-state index contributed by atoms with van der Waals surface area (Å²) in [4.78, 5) is 0. The van der Waals surface area contributed by atoms with Crippen LogP contribution in [0.5, 0.6) is 0 Å². The van der Waals surface area contributed by atoms with Gasteiger partial charge in [-0.1, -0.05) is 0 Å². The third-order valence-electron chi connectivity index (χ3n) is 0. The van der Waals surface area contributed by atoms with Gasteiger partial charge in [0, 0.05) is 0 Å². The van der Waals surface area contributed by atoms with Crippen LogP contribution in [0.3, 0.4) is 0 Å². The molecule has 0 saturated carbocycles. The van der Waals surface area contributed by atoms with Crippen molar-refractivity contribution in [3.63, 3.8) is 0 Å². The Labute approximate surface area is 226 Å². The molecule has 0 radical (unpaired) electrons. The Morgan fingerprint density at radius 3 is 0.222 bits per heavy atom. The predicted molar refractivity (Wildman–Crippen MR) is 60.7 cm³/mol. The fourth-order valence-corrected chi connectivity index (χ4v) is 0. The minimum absolute atomic E-state index is 0. The Kier molecular flexibility index (Phi) is 5360. The molecule has 0 heterocycles. The monoisotopic (exact) mass is 464 g/mol. The van der Waals surface area contributed by atoms with Gasteiger partial charge in [-0.25, -0.2) is 0 Å². The molecule has 0 aliphatic heterocycles. The SMILES string of the molecule is [C-]#N.[C-]#N.[C-]#N.[C-]#N.[C-]#N.[C-]#N.[C-]#N.[C-]#N.[C-]#N.[C-]#N.[C-]#N.[C-]#N.[Fe+6].[Fe+6].[H-].[K+]. The molecule has 0 amide bonds. The normalized spacial score (nSPS) is 0.889. The van der Waals surface area contributed by atoms with E-state index in [-0.39, 0.29) is 86.9 Å². The molecule has 0 rings (SSSR count). The molecule has 0 fully saturated rings. The van der Waals surface area contributed by atoms with Gasteiger partial charge in [0.1, 0.15) is 0 Å². The van der Waals surface area contributed by atoms with Crippen molar-refractivity contribution >= 4 is 0 Å². The number of rotatable bonds is 0. The van der Waals surface area contributed by atoms with Gasteiger partial charge in [0.15, 0.2) is 0 Å². The van der Waals surface area contributed by atoms with Crippen molar-refractivity contribution in [1.82, 2.24) is 0 Å². The largest absolute Gasteiger partial charge is 6.00 e. The van der Waals surface area contributed by atoms with Crippen molar-refractivity contribution in [2.45, 2.75) is 0 Å². The first-order valence-electron chi connectivity index (χ1n) is 2.68. The number of hydrogen-bond donors (Lipinski definition) is 0. The van der Waals surface area contributed by atoms with Gasteiger partial charge in [-0.2, -0.15) is 0 Å². The van der Waals surface area contributed by atoms with E-state index in [0.29, 0.717) is 0 Å². The molecule has 0 aromatic carbocycles. The van der Waals surface area contributed by atoms with Crippen LogP contribution >= 0.6 is 0 Å². The summed E-state index contributed by atoms with van der Waals surface area (Å²) in [7, 11) is 0. The maximum absolute atomic E-state index is 6.25. The smallest absolute Gasteiger partial charge is 1.00 e. The maximum Gasteiger partial charge on any atom is 6.00 e. The average Bonchev–Trinajstić information content (AvgIpc) is 2.84. The molecule has 0 atom stereocenters. The van der Waals surface area contributed by atoms with Crippen molar-refractivity contribution in [3.05, 3.63) is 78.9 Å². The zero-order valence-electron chi connectivity index (χ0n) is 14.1. The third-order valence-corrected chi connectivity index (χ3v) is 0. The molecule has 126 valence electrons. The van der Waals surface area contributed by atoms with E-state index < -0.39 is 0 Å². The Bertz CT molecular complexity index is 233. The molecule has 0 aliphatic carbocycles. The zero-order chi connectivity index (χ0) is 24.0. The number of nitrogens with zero attached hydrogens (tertiary/aromatic N) is 12. The maximum atomic E-state index is 6.25. The quantitative estimate of drug-likeness (QED) is 0.285. The minimum atomic E-state index is 0. The zero-order valence-corrected chi connectivity index (χ0v) is 18.4. The van der Waals surface area contributed by atoms with Crippen molar-refractivity contribution < 1.29 is 86.9 Å². The van der Waals surface area contributed by atoms with Gasteiger partial charge in [0.05, 0.1) is 0 Å². The topological polar surface area (TPSA) is 285 Å². The second-order valence-corrected chi connectivity index (χ2v) is 0. The summed E-state index contributed by atoms with van der Waals surface area (Å²) in [5, 5.41) is 75.0. The summed E-state index contributed by atoms with van der Waals surface area (Å²) in [6, 6.07) is 0. The summed E-state index contributed by atoms with van der Waals surface area (Å²) >= 11 is 0. The second kappa shape index (κ2) is 883. The molecular weight excluding hydrogens is 463 g/mol. The van der Waals surface area contributed by atoms with E-state index in [1.807, 2.05) is 0 Å². The fraction of sp³-hybridized carbons (Fsp3) is 0. The third kappa shape index (κ3) is 803. The van der Waals surface area contributed by atoms with E-state index in [4.69, 9.17) is 142 Å². The first-order valence-corrected chi connectivity index (χ1v) is 2.68. The Hall–Kier alpha value is -3.44. The van der Waals surface area contributed by atoms with Crippen LogP contribution in [0, 0.1) is 142 Å². The van der Waals surface area contributed by atoms with Gasteiger partial charge in [-0.15, -0.1) is 0 Å². The van der Waals surface area contributed by atoms with Gasteiger partial charge < -0.3 is 143 Å². The van der Waals surface area contributed by atoms with Crippen LogP contribution in [0.25, 0.3) is 0 Å². The molecule has 12 nitrogen and oxygen atoms in total. The summed E-state index contributed by atoms with van der Waals surface area (Å²) in [6.07, 6.45) is 0. The summed E-state index contributed by atoms with van der Waals surface area (Å²) < 4.78 is 0. The van der Waals surface area contributed by atoms with E-state index in [2.05, 4.69) is 0 Å². The van der Waals surface area contributed by atoms with Crippen molar-refractivity contribution in [2.24, 2.45) is 0 Å². The molecule has 0 bridgehead atoms. The molecular formula is C12HFe2KN12. The average molecular weight is 464 g/mol. The van der Waals surface area contributed by atoms with Gasteiger partial charge in [0.25, 0.3) is 0 Å². The van der Waals surface area contributed by atoms with Crippen molar-refractivity contribution in [2.75, 3.05) is 0 Å². The Morgan fingerprint density at radius 1 is 0.222 bits per heavy atom. The summed E-state index contributed by atoms with van der Waals surface area (Å²) in [5.41, 5.74) is 0. The standard InChI is InChI=1S/12CN.2Fe.K.H/c12*1-2;;;;/q12*-1;2*+6;+1;-1. The van der Waals surface area contributed by atoms with Gasteiger partial charge in [-0.3, -0.25) is 0 Å². The van der Waals surface area contributed by atoms with Gasteiger partial charge in [0.2, 0.25) is 0 Å². The molecule has 0 aliphatic rings. The van der Waals surface area contributed by atoms with Crippen LogP contribution in [-0.2, 0) is 34.1 Å². The van der Waals surface area contributed by atoms with Crippen molar-refractivity contribution in [1.29, 1.82) is 63.1 Å². The van der Waals surface area contributed by atoms with Crippen molar-refractivity contribution in [3.8, 4) is 0 Å². The predicted octanol–water partition coefficient (Wildman–Crippen LogP) is -1.73. The van der Waals surface area contributed by atoms with E-state index in [0.717, 1.165) is 0 Å². The first kappa shape index (κ1) is 164. The van der Waals surface area contributed by atoms with Crippen LogP contribution in [0.4, 0.5) is 0 Å². The fourth-order valence-electron chi connectivity index (χ4n) is 0. The number of hydrogen-bond acceptors (Lipinski definition) is 12. The Morgan fingerprint density at radius 2 is 0.222 bits per heavy atom. The summed E-state index contributed by atoms with van der Waals surface area (Å²) in [5.74, 6) is 0. The molecule has 15 heteroatoms. The molecule has 0 saturated heterocycles. The molecule has 0 spiro atoms. The van der Waals surface area contributed by atoms with Gasteiger partial charge >= 0.3 is 85.5 Å².